The molecular formula is C12H19N3S. The van der Waals surface area contributed by atoms with E-state index in [1.807, 2.05) is 13.0 Å². The van der Waals surface area contributed by atoms with Gasteiger partial charge in [0.1, 0.15) is 0 Å². The summed E-state index contributed by atoms with van der Waals surface area (Å²) in [5, 5.41) is 0.622. The number of thioether (sulfide) groups is 1. The van der Waals surface area contributed by atoms with Crippen molar-refractivity contribution < 1.29 is 0 Å². The Hall–Kier alpha value is -1.00. The third-order valence-electron chi connectivity index (χ3n) is 2.22. The molecule has 0 amide bonds. The number of hydrogen-bond donors (Lipinski definition) is 2. The van der Waals surface area contributed by atoms with E-state index >= 15 is 0 Å². The number of aliphatic imine (C=N–C) groups is 1. The summed E-state index contributed by atoms with van der Waals surface area (Å²) >= 11 is 1.56. The Morgan fingerprint density at radius 3 is 2.75 bits per heavy atom. The number of nitrogens with two attached hydrogens (primary N) is 2. The van der Waals surface area contributed by atoms with Crippen molar-refractivity contribution in [1.29, 1.82) is 0 Å². The van der Waals surface area contributed by atoms with Gasteiger partial charge < -0.3 is 11.5 Å². The molecule has 0 unspecified atom stereocenters. The van der Waals surface area contributed by atoms with E-state index in [9.17, 15) is 0 Å². The molecular weight excluding hydrogens is 218 g/mol. The highest BCUT2D eigenvalue weighted by Gasteiger charge is 2.00. The number of hydrogen-bond acceptors (Lipinski definition) is 3. The molecule has 0 aliphatic rings. The van der Waals surface area contributed by atoms with E-state index in [0.717, 1.165) is 23.4 Å². The second-order valence-electron chi connectivity index (χ2n) is 3.54. The van der Waals surface area contributed by atoms with Crippen LogP contribution in [0.5, 0.6) is 0 Å². The predicted octanol–water partition coefficient (Wildman–Crippen LogP) is 2.20. The molecule has 4 heteroatoms. The lowest BCUT2D eigenvalue weighted by Crippen LogP contribution is -2.06. The second-order valence-corrected chi connectivity index (χ2v) is 4.83. The standard InChI is InChI=1S/C12H19N3S/c1-3-16-12(14)15-11-5-4-10(6-7-13)8-9(11)2/h4-5,8H,3,6-7,13H2,1-2H3,(H2,14,15). The summed E-state index contributed by atoms with van der Waals surface area (Å²) in [6.45, 7) is 4.78. The van der Waals surface area contributed by atoms with Crippen molar-refractivity contribution in [1.82, 2.24) is 0 Å². The van der Waals surface area contributed by atoms with E-state index in [0.29, 0.717) is 11.7 Å². The fourth-order valence-corrected chi connectivity index (χ4v) is 1.92. The molecule has 1 aromatic carbocycles. The summed E-state index contributed by atoms with van der Waals surface area (Å²) in [5.74, 6) is 0.944. The van der Waals surface area contributed by atoms with Gasteiger partial charge in [-0.2, -0.15) is 0 Å². The first-order valence-electron chi connectivity index (χ1n) is 5.44. The second kappa shape index (κ2) is 6.55. The zero-order chi connectivity index (χ0) is 12.0. The van der Waals surface area contributed by atoms with Gasteiger partial charge >= 0.3 is 0 Å². The molecule has 0 radical (unpaired) electrons. The van der Waals surface area contributed by atoms with Crippen LogP contribution in [0.25, 0.3) is 0 Å². The Kier molecular flexibility index (Phi) is 5.35. The lowest BCUT2D eigenvalue weighted by Gasteiger charge is -2.05. The van der Waals surface area contributed by atoms with E-state index in [2.05, 4.69) is 24.0 Å². The quantitative estimate of drug-likeness (QED) is 0.623. The normalized spacial score (nSPS) is 11.8. The van der Waals surface area contributed by atoms with Crippen molar-refractivity contribution in [2.45, 2.75) is 20.3 Å². The van der Waals surface area contributed by atoms with E-state index < -0.39 is 0 Å². The van der Waals surface area contributed by atoms with Gasteiger partial charge in [0, 0.05) is 0 Å². The molecule has 0 bridgehead atoms. The first-order valence-corrected chi connectivity index (χ1v) is 6.42. The van der Waals surface area contributed by atoms with Gasteiger partial charge in [-0.05, 0) is 42.8 Å². The summed E-state index contributed by atoms with van der Waals surface area (Å²) in [6, 6.07) is 6.18. The van der Waals surface area contributed by atoms with Crippen LogP contribution in [0.4, 0.5) is 5.69 Å². The molecule has 0 atom stereocenters. The number of benzene rings is 1. The smallest absolute Gasteiger partial charge is 0.159 e. The topological polar surface area (TPSA) is 64.4 Å². The highest BCUT2D eigenvalue weighted by atomic mass is 32.2. The monoisotopic (exact) mass is 237 g/mol. The number of nitrogens with zero attached hydrogens (tertiary/aromatic N) is 1. The predicted molar refractivity (Wildman–Crippen MR) is 73.4 cm³/mol. The van der Waals surface area contributed by atoms with Crippen LogP contribution in [0.2, 0.25) is 0 Å². The lowest BCUT2D eigenvalue weighted by atomic mass is 10.1. The molecule has 0 heterocycles. The minimum absolute atomic E-state index is 0.622. The van der Waals surface area contributed by atoms with Gasteiger partial charge in [-0.15, -0.1) is 0 Å². The Labute approximate surface area is 101 Å². The first-order chi connectivity index (χ1) is 7.67. The molecule has 0 saturated carbocycles. The first kappa shape index (κ1) is 13.1. The van der Waals surface area contributed by atoms with Crippen molar-refractivity contribution in [3.05, 3.63) is 29.3 Å². The van der Waals surface area contributed by atoms with Crippen molar-refractivity contribution >= 4 is 22.6 Å². The van der Waals surface area contributed by atoms with Crippen LogP contribution in [-0.4, -0.2) is 17.5 Å². The minimum atomic E-state index is 0.622. The van der Waals surface area contributed by atoms with Gasteiger partial charge in [-0.25, -0.2) is 4.99 Å². The molecule has 0 aliphatic carbocycles. The zero-order valence-corrected chi connectivity index (χ0v) is 10.7. The Bertz CT molecular complexity index is 375. The molecule has 0 saturated heterocycles. The van der Waals surface area contributed by atoms with E-state index in [4.69, 9.17) is 11.5 Å². The molecule has 0 aliphatic heterocycles. The van der Waals surface area contributed by atoms with Crippen LogP contribution < -0.4 is 11.5 Å². The third kappa shape index (κ3) is 3.87. The summed E-state index contributed by atoms with van der Waals surface area (Å²) in [7, 11) is 0. The largest absolute Gasteiger partial charge is 0.378 e. The van der Waals surface area contributed by atoms with Crippen molar-refractivity contribution in [3.63, 3.8) is 0 Å². The lowest BCUT2D eigenvalue weighted by molar-refractivity contribution is 0.966. The number of rotatable bonds is 4. The summed E-state index contributed by atoms with van der Waals surface area (Å²) in [4.78, 5) is 4.38. The van der Waals surface area contributed by atoms with Crippen molar-refractivity contribution in [3.8, 4) is 0 Å². The van der Waals surface area contributed by atoms with Gasteiger partial charge in [-0.1, -0.05) is 30.8 Å². The summed E-state index contributed by atoms with van der Waals surface area (Å²) in [5.41, 5.74) is 14.6. The summed E-state index contributed by atoms with van der Waals surface area (Å²) in [6.07, 6.45) is 0.907. The van der Waals surface area contributed by atoms with Gasteiger partial charge in [0.25, 0.3) is 0 Å². The van der Waals surface area contributed by atoms with Crippen LogP contribution in [0.15, 0.2) is 23.2 Å². The fourth-order valence-electron chi connectivity index (χ4n) is 1.46. The van der Waals surface area contributed by atoms with Gasteiger partial charge in [0.05, 0.1) is 5.69 Å². The Morgan fingerprint density at radius 2 is 2.19 bits per heavy atom. The molecule has 0 aromatic heterocycles. The average molecular weight is 237 g/mol. The fraction of sp³-hybridized carbons (Fsp3) is 0.417. The maximum absolute atomic E-state index is 5.77. The molecule has 1 aromatic rings. The van der Waals surface area contributed by atoms with Crippen molar-refractivity contribution in [2.75, 3.05) is 12.3 Å². The molecule has 88 valence electrons. The van der Waals surface area contributed by atoms with Crippen molar-refractivity contribution in [2.24, 2.45) is 16.5 Å². The van der Waals surface area contributed by atoms with Gasteiger partial charge in [0.2, 0.25) is 0 Å². The minimum Gasteiger partial charge on any atom is -0.378 e. The number of amidine groups is 1. The highest BCUT2D eigenvalue weighted by Crippen LogP contribution is 2.21. The van der Waals surface area contributed by atoms with Crippen LogP contribution in [0.1, 0.15) is 18.1 Å². The van der Waals surface area contributed by atoms with Crippen LogP contribution in [0.3, 0.4) is 0 Å². The van der Waals surface area contributed by atoms with E-state index in [1.165, 1.54) is 5.56 Å². The SMILES string of the molecule is CCSC(N)=Nc1ccc(CCN)cc1C. The maximum atomic E-state index is 5.77. The molecule has 4 N–H and O–H groups in total. The van der Waals surface area contributed by atoms with Gasteiger partial charge in [-0.3, -0.25) is 0 Å². The zero-order valence-electron chi connectivity index (χ0n) is 9.86. The Balaban J connectivity index is 2.86. The third-order valence-corrected chi connectivity index (χ3v) is 2.89. The van der Waals surface area contributed by atoms with Crippen LogP contribution >= 0.6 is 11.8 Å². The van der Waals surface area contributed by atoms with Gasteiger partial charge in [0.15, 0.2) is 5.17 Å². The average Bonchev–Trinajstić information content (AvgIpc) is 2.23. The maximum Gasteiger partial charge on any atom is 0.159 e. The van der Waals surface area contributed by atoms with E-state index in [1.54, 1.807) is 11.8 Å². The Morgan fingerprint density at radius 1 is 1.44 bits per heavy atom. The molecule has 0 fully saturated rings. The van der Waals surface area contributed by atoms with Crippen LogP contribution in [-0.2, 0) is 6.42 Å². The van der Waals surface area contributed by atoms with Crippen LogP contribution in [0, 0.1) is 6.92 Å². The highest BCUT2D eigenvalue weighted by molar-refractivity contribution is 8.13. The molecule has 1 rings (SSSR count). The van der Waals surface area contributed by atoms with E-state index in [-0.39, 0.29) is 0 Å². The number of aryl methyl sites for hydroxylation is 1. The summed E-state index contributed by atoms with van der Waals surface area (Å²) < 4.78 is 0. The molecule has 16 heavy (non-hydrogen) atoms. The molecule has 0 spiro atoms. The molecule has 3 nitrogen and oxygen atoms in total.